The summed E-state index contributed by atoms with van der Waals surface area (Å²) >= 11 is 0. The number of hydrogen-bond acceptors (Lipinski definition) is 2. The van der Waals surface area contributed by atoms with Crippen LogP contribution in [0.25, 0.3) is 0 Å². The van der Waals surface area contributed by atoms with E-state index in [0.29, 0.717) is 0 Å². The summed E-state index contributed by atoms with van der Waals surface area (Å²) in [5.74, 6) is 0. The molecule has 1 rings (SSSR count). The summed E-state index contributed by atoms with van der Waals surface area (Å²) in [4.78, 5) is -0.0741. The van der Waals surface area contributed by atoms with Crippen molar-refractivity contribution < 1.29 is 17.5 Å². The van der Waals surface area contributed by atoms with Gasteiger partial charge in [0.1, 0.15) is 0 Å². The Morgan fingerprint density at radius 2 is 1.13 bits per heavy atom. The molecule has 23 heavy (non-hydrogen) atoms. The second kappa shape index (κ2) is 11.6. The van der Waals surface area contributed by atoms with Crippen molar-refractivity contribution in [3.8, 4) is 0 Å². The van der Waals surface area contributed by atoms with Crippen LogP contribution in [0, 0.1) is 0 Å². The average Bonchev–Trinajstić information content (AvgIpc) is 2.49. The van der Waals surface area contributed by atoms with Crippen LogP contribution >= 0.6 is 0 Å². The third-order valence-electron chi connectivity index (χ3n) is 3.83. The number of hydrogen-bond donors (Lipinski definition) is 1. The van der Waals surface area contributed by atoms with Gasteiger partial charge in [-0.1, -0.05) is 45.9 Å². The van der Waals surface area contributed by atoms with Crippen LogP contribution in [0.1, 0.15) is 53.4 Å². The fraction of sp³-hybridized carbons (Fsp3) is 0.667. The largest absolute Gasteiger partial charge is 0.324 e. The summed E-state index contributed by atoms with van der Waals surface area (Å²) in [5, 5.41) is 0. The van der Waals surface area contributed by atoms with Crippen molar-refractivity contribution in [1.29, 1.82) is 0 Å². The molecule has 0 saturated heterocycles. The maximum absolute atomic E-state index is 10.4. The Labute approximate surface area is 142 Å². The number of benzene rings is 1. The lowest BCUT2D eigenvalue weighted by atomic mass is 10.2. The first kappa shape index (κ1) is 22.1. The molecule has 0 bridgehead atoms. The van der Waals surface area contributed by atoms with Gasteiger partial charge in [-0.05, 0) is 37.8 Å². The molecule has 4 nitrogen and oxygen atoms in total. The molecule has 5 heteroatoms. The molecule has 0 amide bonds. The van der Waals surface area contributed by atoms with Crippen LogP contribution in [-0.2, 0) is 10.1 Å². The standard InChI is InChI=1S/C12H28N.C6H6O3S/c1-5-9-13(10-6-2,11-7-3)12-8-4;7-10(8,9)6-4-2-1-3-5-6/h5-12H2,1-4H3;1-5H,(H,7,8,9)/q+1;. The van der Waals surface area contributed by atoms with Crippen molar-refractivity contribution in [2.24, 2.45) is 0 Å². The van der Waals surface area contributed by atoms with Crippen molar-refractivity contribution in [2.45, 2.75) is 58.3 Å². The van der Waals surface area contributed by atoms with Gasteiger partial charge in [0.25, 0.3) is 10.1 Å². The molecule has 134 valence electrons. The fourth-order valence-corrected chi connectivity index (χ4v) is 3.66. The van der Waals surface area contributed by atoms with E-state index in [1.807, 2.05) is 0 Å². The van der Waals surface area contributed by atoms with E-state index < -0.39 is 10.1 Å². The van der Waals surface area contributed by atoms with Gasteiger partial charge in [-0.3, -0.25) is 4.55 Å². The lowest BCUT2D eigenvalue weighted by Gasteiger charge is -2.38. The maximum Gasteiger partial charge on any atom is 0.294 e. The molecule has 0 spiro atoms. The van der Waals surface area contributed by atoms with Crippen molar-refractivity contribution in [3.63, 3.8) is 0 Å². The minimum atomic E-state index is -4.00. The van der Waals surface area contributed by atoms with Gasteiger partial charge in [0.15, 0.2) is 0 Å². The van der Waals surface area contributed by atoms with Gasteiger partial charge in [0.2, 0.25) is 0 Å². The Kier molecular flexibility index (Phi) is 11.1. The quantitative estimate of drug-likeness (QED) is 0.534. The molecule has 0 saturated carbocycles. The molecule has 0 aliphatic carbocycles. The monoisotopic (exact) mass is 344 g/mol. The van der Waals surface area contributed by atoms with Crippen LogP contribution < -0.4 is 0 Å². The zero-order chi connectivity index (χ0) is 17.8. The Morgan fingerprint density at radius 1 is 0.783 bits per heavy atom. The smallest absolute Gasteiger partial charge is 0.294 e. The van der Waals surface area contributed by atoms with Gasteiger partial charge in [-0.15, -0.1) is 0 Å². The summed E-state index contributed by atoms with van der Waals surface area (Å²) in [6, 6.07) is 7.42. The summed E-state index contributed by atoms with van der Waals surface area (Å²) in [6.07, 6.45) is 5.33. The molecule has 1 N–H and O–H groups in total. The topological polar surface area (TPSA) is 54.4 Å². The highest BCUT2D eigenvalue weighted by atomic mass is 32.2. The van der Waals surface area contributed by atoms with Gasteiger partial charge in [-0.2, -0.15) is 8.42 Å². The van der Waals surface area contributed by atoms with Crippen molar-refractivity contribution in [3.05, 3.63) is 30.3 Å². The highest BCUT2D eigenvalue weighted by Crippen LogP contribution is 2.12. The van der Waals surface area contributed by atoms with Gasteiger partial charge in [0.05, 0.1) is 31.1 Å². The van der Waals surface area contributed by atoms with E-state index in [1.165, 1.54) is 68.5 Å². The van der Waals surface area contributed by atoms with Crippen molar-refractivity contribution >= 4 is 10.1 Å². The molecular formula is C18H34NO3S+. The lowest BCUT2D eigenvalue weighted by molar-refractivity contribution is -0.928. The molecule has 0 atom stereocenters. The summed E-state index contributed by atoms with van der Waals surface area (Å²) < 4.78 is 30.6. The summed E-state index contributed by atoms with van der Waals surface area (Å²) in [7, 11) is -4.00. The summed E-state index contributed by atoms with van der Waals surface area (Å²) in [6.45, 7) is 14.8. The molecule has 1 aromatic carbocycles. The average molecular weight is 345 g/mol. The number of rotatable bonds is 9. The minimum Gasteiger partial charge on any atom is -0.324 e. The lowest BCUT2D eigenvalue weighted by Crippen LogP contribution is -2.50. The molecule has 1 aromatic rings. The molecule has 0 aromatic heterocycles. The van der Waals surface area contributed by atoms with E-state index in [0.717, 1.165) is 0 Å². The van der Waals surface area contributed by atoms with E-state index in [4.69, 9.17) is 4.55 Å². The molecule has 0 heterocycles. The minimum absolute atomic E-state index is 0.0741. The Balaban J connectivity index is 0.000000433. The third kappa shape index (κ3) is 9.08. The van der Waals surface area contributed by atoms with Crippen LogP contribution in [0.4, 0.5) is 0 Å². The first-order valence-corrected chi connectivity index (χ1v) is 10.2. The first-order valence-electron chi connectivity index (χ1n) is 8.72. The third-order valence-corrected chi connectivity index (χ3v) is 4.70. The number of nitrogens with zero attached hydrogens (tertiary/aromatic N) is 1. The highest BCUT2D eigenvalue weighted by Gasteiger charge is 2.22. The molecule has 0 fully saturated rings. The van der Waals surface area contributed by atoms with Gasteiger partial charge >= 0.3 is 0 Å². The van der Waals surface area contributed by atoms with E-state index in [-0.39, 0.29) is 4.90 Å². The van der Waals surface area contributed by atoms with Gasteiger partial charge in [0, 0.05) is 0 Å². The molecule has 0 aliphatic heterocycles. The van der Waals surface area contributed by atoms with Crippen LogP contribution in [-0.4, -0.2) is 43.6 Å². The van der Waals surface area contributed by atoms with Gasteiger partial charge in [-0.25, -0.2) is 0 Å². The predicted molar refractivity (Wildman–Crippen MR) is 97.1 cm³/mol. The first-order chi connectivity index (χ1) is 10.8. The molecular weight excluding hydrogens is 310 g/mol. The van der Waals surface area contributed by atoms with E-state index >= 15 is 0 Å². The van der Waals surface area contributed by atoms with E-state index in [2.05, 4.69) is 27.7 Å². The maximum atomic E-state index is 10.4. The second-order valence-electron chi connectivity index (χ2n) is 6.02. The van der Waals surface area contributed by atoms with Gasteiger partial charge < -0.3 is 4.48 Å². The van der Waals surface area contributed by atoms with Crippen molar-refractivity contribution in [1.82, 2.24) is 0 Å². The second-order valence-corrected chi connectivity index (χ2v) is 7.45. The molecule has 0 radical (unpaired) electrons. The number of quaternary nitrogens is 1. The molecule has 0 unspecified atom stereocenters. The summed E-state index contributed by atoms with van der Waals surface area (Å²) in [5.41, 5.74) is 0. The normalized spacial score (nSPS) is 11.7. The fourth-order valence-electron chi connectivity index (χ4n) is 3.16. The van der Waals surface area contributed by atoms with E-state index in [1.54, 1.807) is 18.2 Å². The SMILES string of the molecule is CCC[N+](CCC)(CCC)CCC.O=S(=O)(O)c1ccccc1. The Morgan fingerprint density at radius 3 is 1.35 bits per heavy atom. The van der Waals surface area contributed by atoms with Crippen molar-refractivity contribution in [2.75, 3.05) is 26.2 Å². The van der Waals surface area contributed by atoms with E-state index in [9.17, 15) is 8.42 Å². The van der Waals surface area contributed by atoms with Crippen LogP contribution in [0.3, 0.4) is 0 Å². The predicted octanol–water partition coefficient (Wildman–Crippen LogP) is 4.38. The van der Waals surface area contributed by atoms with Crippen LogP contribution in [0.15, 0.2) is 35.2 Å². The van der Waals surface area contributed by atoms with Crippen LogP contribution in [0.5, 0.6) is 0 Å². The Bertz CT molecular complexity index is 471. The molecule has 0 aliphatic rings. The highest BCUT2D eigenvalue weighted by molar-refractivity contribution is 7.85. The van der Waals surface area contributed by atoms with Crippen LogP contribution in [0.2, 0.25) is 0 Å². The zero-order valence-corrected chi connectivity index (χ0v) is 16.0. The zero-order valence-electron chi connectivity index (χ0n) is 15.2. The Hall–Kier alpha value is -0.910.